The first-order valence-electron chi connectivity index (χ1n) is 28.5. The first-order chi connectivity index (χ1) is 32.0. The summed E-state index contributed by atoms with van der Waals surface area (Å²) in [4.78, 5) is 38.1. The summed E-state index contributed by atoms with van der Waals surface area (Å²) >= 11 is 0. The smallest absolute Gasteiger partial charge is 0.306 e. The first-order valence-corrected chi connectivity index (χ1v) is 28.5. The average molecular weight is 914 g/mol. The highest BCUT2D eigenvalue weighted by Crippen LogP contribution is 2.16. The average Bonchev–Trinajstić information content (AvgIpc) is 3.30. The fraction of sp³-hybridized carbons (Fsp3) is 0.847. The van der Waals surface area contributed by atoms with Gasteiger partial charge in [0.2, 0.25) is 0 Å². The molecule has 6 nitrogen and oxygen atoms in total. The van der Waals surface area contributed by atoms with Crippen LogP contribution in [0.15, 0.2) is 36.5 Å². The van der Waals surface area contributed by atoms with E-state index in [4.69, 9.17) is 14.2 Å². The van der Waals surface area contributed by atoms with E-state index >= 15 is 0 Å². The lowest BCUT2D eigenvalue weighted by molar-refractivity contribution is -0.167. The standard InChI is InChI=1S/C59H108O6/c1-4-7-10-13-16-19-22-25-28-29-32-34-37-40-43-46-49-52-58(61)64-55-56(65-59(62)53-50-47-44-41-38-35-31-27-24-21-18-15-12-9-6-3)54-63-57(60)51-48-45-42-39-36-33-30-26-23-20-17-14-11-8-5-2/h17,20,25-26,28,30,56H,4-16,18-19,21-24,27,29,31-55H2,1-3H3/b20-17-,28-25-,30-26-/t56-/m1/s1. The lowest BCUT2D eigenvalue weighted by atomic mass is 10.0. The number of hydrogen-bond donors (Lipinski definition) is 0. The Morgan fingerprint density at radius 2 is 0.554 bits per heavy atom. The summed E-state index contributed by atoms with van der Waals surface area (Å²) < 4.78 is 16.9. The molecule has 1 atom stereocenters. The molecule has 0 N–H and O–H groups in total. The molecule has 0 aromatic carbocycles. The highest BCUT2D eigenvalue weighted by atomic mass is 16.6. The summed E-state index contributed by atoms with van der Waals surface area (Å²) in [6.45, 7) is 6.63. The summed E-state index contributed by atoms with van der Waals surface area (Å²) in [6, 6.07) is 0. The highest BCUT2D eigenvalue weighted by molar-refractivity contribution is 5.71. The molecule has 0 bridgehead atoms. The maximum Gasteiger partial charge on any atom is 0.306 e. The lowest BCUT2D eigenvalue weighted by Crippen LogP contribution is -2.30. The van der Waals surface area contributed by atoms with E-state index in [1.165, 1.54) is 186 Å². The fourth-order valence-electron chi connectivity index (χ4n) is 8.29. The van der Waals surface area contributed by atoms with Crippen LogP contribution in [0.5, 0.6) is 0 Å². The van der Waals surface area contributed by atoms with Crippen molar-refractivity contribution in [3.8, 4) is 0 Å². The molecule has 6 heteroatoms. The monoisotopic (exact) mass is 913 g/mol. The van der Waals surface area contributed by atoms with Crippen molar-refractivity contribution in [1.29, 1.82) is 0 Å². The molecule has 0 rings (SSSR count). The van der Waals surface area contributed by atoms with Gasteiger partial charge in [0.15, 0.2) is 6.10 Å². The summed E-state index contributed by atoms with van der Waals surface area (Å²) in [7, 11) is 0. The van der Waals surface area contributed by atoms with Gasteiger partial charge < -0.3 is 14.2 Å². The van der Waals surface area contributed by atoms with Gasteiger partial charge in [-0.2, -0.15) is 0 Å². The van der Waals surface area contributed by atoms with Crippen molar-refractivity contribution in [2.24, 2.45) is 0 Å². The molecule has 0 unspecified atom stereocenters. The molecule has 0 spiro atoms. The van der Waals surface area contributed by atoms with E-state index in [2.05, 4.69) is 57.2 Å². The Morgan fingerprint density at radius 1 is 0.308 bits per heavy atom. The van der Waals surface area contributed by atoms with E-state index in [0.29, 0.717) is 19.3 Å². The summed E-state index contributed by atoms with van der Waals surface area (Å²) in [6.07, 6.45) is 64.1. The van der Waals surface area contributed by atoms with Gasteiger partial charge in [0.25, 0.3) is 0 Å². The normalized spacial score (nSPS) is 12.2. The molecule has 0 heterocycles. The zero-order chi connectivity index (χ0) is 47.2. The van der Waals surface area contributed by atoms with Gasteiger partial charge in [-0.15, -0.1) is 0 Å². The minimum Gasteiger partial charge on any atom is -0.462 e. The van der Waals surface area contributed by atoms with Gasteiger partial charge in [0, 0.05) is 19.3 Å². The Labute approximate surface area is 404 Å². The van der Waals surface area contributed by atoms with Crippen LogP contribution in [0.2, 0.25) is 0 Å². The van der Waals surface area contributed by atoms with Crippen molar-refractivity contribution < 1.29 is 28.6 Å². The molecule has 0 aliphatic rings. The Bertz CT molecular complexity index is 1090. The number of ether oxygens (including phenoxy) is 3. The maximum absolute atomic E-state index is 12.8. The van der Waals surface area contributed by atoms with E-state index in [1.807, 2.05) is 0 Å². The number of carbonyl (C=O) groups is 3. The molecule has 380 valence electrons. The molecule has 0 fully saturated rings. The number of unbranched alkanes of at least 4 members (excludes halogenated alkanes) is 35. The van der Waals surface area contributed by atoms with E-state index in [-0.39, 0.29) is 31.1 Å². The van der Waals surface area contributed by atoms with Crippen molar-refractivity contribution >= 4 is 17.9 Å². The van der Waals surface area contributed by atoms with Crippen molar-refractivity contribution in [2.45, 2.75) is 309 Å². The van der Waals surface area contributed by atoms with Gasteiger partial charge in [0.05, 0.1) is 0 Å². The summed E-state index contributed by atoms with van der Waals surface area (Å²) in [5.41, 5.74) is 0. The third kappa shape index (κ3) is 52.5. The fourth-order valence-corrected chi connectivity index (χ4v) is 8.29. The predicted octanol–water partition coefficient (Wildman–Crippen LogP) is 18.9. The van der Waals surface area contributed by atoms with Gasteiger partial charge in [-0.25, -0.2) is 0 Å². The molecule has 0 aromatic heterocycles. The molecule has 0 aliphatic carbocycles. The second-order valence-electron chi connectivity index (χ2n) is 19.2. The highest BCUT2D eigenvalue weighted by Gasteiger charge is 2.19. The van der Waals surface area contributed by atoms with Crippen LogP contribution in [0.25, 0.3) is 0 Å². The van der Waals surface area contributed by atoms with E-state index in [1.54, 1.807) is 0 Å². The van der Waals surface area contributed by atoms with Gasteiger partial charge >= 0.3 is 17.9 Å². The quantitative estimate of drug-likeness (QED) is 0.0262. The molecule has 0 saturated heterocycles. The zero-order valence-electron chi connectivity index (χ0n) is 43.5. The van der Waals surface area contributed by atoms with Crippen molar-refractivity contribution in [3.63, 3.8) is 0 Å². The van der Waals surface area contributed by atoms with Crippen LogP contribution in [-0.4, -0.2) is 37.2 Å². The van der Waals surface area contributed by atoms with Crippen molar-refractivity contribution in [3.05, 3.63) is 36.5 Å². The third-order valence-electron chi connectivity index (χ3n) is 12.6. The van der Waals surface area contributed by atoms with Gasteiger partial charge in [0.1, 0.15) is 13.2 Å². The number of hydrogen-bond acceptors (Lipinski definition) is 6. The van der Waals surface area contributed by atoms with Crippen LogP contribution in [0.4, 0.5) is 0 Å². The van der Waals surface area contributed by atoms with Crippen LogP contribution in [-0.2, 0) is 28.6 Å². The van der Waals surface area contributed by atoms with Crippen molar-refractivity contribution in [2.75, 3.05) is 13.2 Å². The molecule has 0 radical (unpaired) electrons. The Balaban J connectivity index is 4.36. The van der Waals surface area contributed by atoms with E-state index in [0.717, 1.165) is 77.0 Å². The van der Waals surface area contributed by atoms with Crippen LogP contribution < -0.4 is 0 Å². The lowest BCUT2D eigenvalue weighted by Gasteiger charge is -2.18. The number of esters is 3. The molecule has 0 aliphatic heterocycles. The Morgan fingerprint density at radius 3 is 0.892 bits per heavy atom. The number of allylic oxidation sites excluding steroid dienone is 6. The van der Waals surface area contributed by atoms with E-state index < -0.39 is 6.10 Å². The molecule has 65 heavy (non-hydrogen) atoms. The van der Waals surface area contributed by atoms with Crippen LogP contribution in [0.3, 0.4) is 0 Å². The topological polar surface area (TPSA) is 78.9 Å². The minimum absolute atomic E-state index is 0.0756. The maximum atomic E-state index is 12.8. The Kier molecular flexibility index (Phi) is 52.3. The summed E-state index contributed by atoms with van der Waals surface area (Å²) in [5.74, 6) is -0.877. The molecular formula is C59H108O6. The second kappa shape index (κ2) is 54.2. The zero-order valence-corrected chi connectivity index (χ0v) is 43.5. The third-order valence-corrected chi connectivity index (χ3v) is 12.6. The predicted molar refractivity (Wildman–Crippen MR) is 279 cm³/mol. The van der Waals surface area contributed by atoms with Crippen LogP contribution >= 0.6 is 0 Å². The summed E-state index contributed by atoms with van der Waals surface area (Å²) in [5, 5.41) is 0. The first kappa shape index (κ1) is 62.6. The van der Waals surface area contributed by atoms with E-state index in [9.17, 15) is 14.4 Å². The van der Waals surface area contributed by atoms with Crippen LogP contribution in [0.1, 0.15) is 303 Å². The SMILES string of the molecule is CCCCC/C=C\C/C=C\CCCCCCCC(=O)OC[C@H](COC(=O)CCCCCCCCC/C=C\CCCCCCCC)OC(=O)CCCCCCCCCCCCCCCCC. The molecule has 0 aromatic rings. The van der Waals surface area contributed by atoms with Gasteiger partial charge in [-0.05, 0) is 77.0 Å². The minimum atomic E-state index is -0.776. The van der Waals surface area contributed by atoms with Gasteiger partial charge in [-0.3, -0.25) is 14.4 Å². The number of rotatable bonds is 52. The van der Waals surface area contributed by atoms with Crippen molar-refractivity contribution in [1.82, 2.24) is 0 Å². The molecule has 0 amide bonds. The van der Waals surface area contributed by atoms with Crippen LogP contribution in [0, 0.1) is 0 Å². The van der Waals surface area contributed by atoms with Gasteiger partial charge in [-0.1, -0.05) is 243 Å². The largest absolute Gasteiger partial charge is 0.462 e. The molecular weight excluding hydrogens is 805 g/mol. The number of carbonyl (C=O) groups excluding carboxylic acids is 3. The molecule has 0 saturated carbocycles. The Hall–Kier alpha value is -2.37. The second-order valence-corrected chi connectivity index (χ2v) is 19.2.